The number of likely N-dealkylation sites (tertiary alicyclic amines) is 1. The molecule has 2 amide bonds. The Morgan fingerprint density at radius 1 is 1.25 bits per heavy atom. The van der Waals surface area contributed by atoms with Crippen LogP contribution < -0.4 is 5.32 Å². The fraction of sp³-hybridized carbons (Fsp3) is 0.667. The number of hydrogen-bond donors (Lipinski definition) is 1. The molecule has 3 aliphatic heterocycles. The molecule has 1 unspecified atom stereocenters. The molecule has 4 rings (SSSR count). The van der Waals surface area contributed by atoms with E-state index in [0.29, 0.717) is 38.5 Å². The lowest BCUT2D eigenvalue weighted by Crippen LogP contribution is -2.48. The first-order valence-corrected chi connectivity index (χ1v) is 10.3. The number of piperidine rings is 1. The van der Waals surface area contributed by atoms with E-state index in [1.165, 1.54) is 0 Å². The van der Waals surface area contributed by atoms with Gasteiger partial charge in [0.15, 0.2) is 0 Å². The van der Waals surface area contributed by atoms with Crippen molar-refractivity contribution in [2.45, 2.75) is 44.8 Å². The van der Waals surface area contributed by atoms with Gasteiger partial charge in [0.05, 0.1) is 30.9 Å². The van der Waals surface area contributed by atoms with Gasteiger partial charge in [0.1, 0.15) is 0 Å². The smallest absolute Gasteiger partial charge is 0.225 e. The number of aryl methyl sites for hydroxylation is 1. The molecule has 1 aromatic rings. The summed E-state index contributed by atoms with van der Waals surface area (Å²) >= 11 is 0. The molecular weight excluding hydrogens is 356 g/mol. The molecule has 152 valence electrons. The summed E-state index contributed by atoms with van der Waals surface area (Å²) in [6.07, 6.45) is 2.85. The number of hydrogen-bond acceptors (Lipinski definition) is 5. The number of ether oxygens (including phenoxy) is 1. The van der Waals surface area contributed by atoms with Crippen molar-refractivity contribution in [3.8, 4) is 0 Å². The van der Waals surface area contributed by atoms with Crippen LogP contribution in [0.15, 0.2) is 18.2 Å². The Hall–Kier alpha value is -1.99. The van der Waals surface area contributed by atoms with Crippen LogP contribution in [0.2, 0.25) is 0 Å². The molecule has 0 aliphatic carbocycles. The highest BCUT2D eigenvalue weighted by molar-refractivity contribution is 5.78. The maximum absolute atomic E-state index is 12.9. The van der Waals surface area contributed by atoms with Crippen LogP contribution in [0.3, 0.4) is 0 Å². The minimum absolute atomic E-state index is 0.166. The monoisotopic (exact) mass is 386 g/mol. The number of pyridine rings is 1. The maximum Gasteiger partial charge on any atom is 0.225 e. The first kappa shape index (κ1) is 19.3. The van der Waals surface area contributed by atoms with Crippen LogP contribution in [-0.2, 0) is 20.9 Å². The van der Waals surface area contributed by atoms with Crippen molar-refractivity contribution in [2.75, 3.05) is 39.3 Å². The molecule has 1 aromatic heterocycles. The summed E-state index contributed by atoms with van der Waals surface area (Å²) in [6.45, 7) is 7.32. The average molecular weight is 386 g/mol. The summed E-state index contributed by atoms with van der Waals surface area (Å²) in [5.41, 5.74) is 1.57. The van der Waals surface area contributed by atoms with Crippen molar-refractivity contribution < 1.29 is 14.3 Å². The van der Waals surface area contributed by atoms with Gasteiger partial charge in [-0.15, -0.1) is 0 Å². The van der Waals surface area contributed by atoms with Gasteiger partial charge in [0.2, 0.25) is 11.8 Å². The van der Waals surface area contributed by atoms with E-state index in [4.69, 9.17) is 4.74 Å². The van der Waals surface area contributed by atoms with E-state index in [2.05, 4.69) is 15.2 Å². The van der Waals surface area contributed by atoms with Crippen molar-refractivity contribution in [3.05, 3.63) is 29.6 Å². The summed E-state index contributed by atoms with van der Waals surface area (Å²) < 4.78 is 6.25. The number of carbonyl (C=O) groups is 2. The molecule has 7 heteroatoms. The Morgan fingerprint density at radius 2 is 2.07 bits per heavy atom. The van der Waals surface area contributed by atoms with Crippen molar-refractivity contribution in [1.29, 1.82) is 0 Å². The molecule has 3 aliphatic rings. The molecule has 0 aromatic carbocycles. The highest BCUT2D eigenvalue weighted by Crippen LogP contribution is 2.33. The second-order valence-corrected chi connectivity index (χ2v) is 8.47. The van der Waals surface area contributed by atoms with E-state index >= 15 is 0 Å². The number of amides is 2. The van der Waals surface area contributed by atoms with Gasteiger partial charge < -0.3 is 19.9 Å². The van der Waals surface area contributed by atoms with Crippen molar-refractivity contribution in [3.63, 3.8) is 0 Å². The average Bonchev–Trinajstić information content (AvgIpc) is 3.01. The SMILES string of the molecule is Cc1cccc(CN2CCOC3(CCN(CC4CNC(=O)C4)CC3)CC2=O)n1. The lowest BCUT2D eigenvalue weighted by atomic mass is 9.87. The summed E-state index contributed by atoms with van der Waals surface area (Å²) in [6, 6.07) is 5.93. The van der Waals surface area contributed by atoms with Crippen LogP contribution in [0, 0.1) is 12.8 Å². The van der Waals surface area contributed by atoms with E-state index in [1.54, 1.807) is 0 Å². The third kappa shape index (κ3) is 4.52. The van der Waals surface area contributed by atoms with Gasteiger partial charge in [-0.25, -0.2) is 0 Å². The van der Waals surface area contributed by atoms with E-state index in [0.717, 1.165) is 50.4 Å². The third-order valence-electron chi connectivity index (χ3n) is 6.24. The molecule has 4 heterocycles. The fourth-order valence-corrected chi connectivity index (χ4v) is 4.61. The molecule has 1 atom stereocenters. The van der Waals surface area contributed by atoms with Crippen LogP contribution in [0.5, 0.6) is 0 Å². The van der Waals surface area contributed by atoms with Gasteiger partial charge in [-0.3, -0.25) is 14.6 Å². The minimum atomic E-state index is -0.327. The van der Waals surface area contributed by atoms with Gasteiger partial charge >= 0.3 is 0 Å². The number of carbonyl (C=O) groups excluding carboxylic acids is 2. The summed E-state index contributed by atoms with van der Waals surface area (Å²) in [5, 5.41) is 2.91. The highest BCUT2D eigenvalue weighted by Gasteiger charge is 2.41. The molecule has 28 heavy (non-hydrogen) atoms. The normalized spacial score (nSPS) is 25.8. The van der Waals surface area contributed by atoms with Crippen molar-refractivity contribution in [1.82, 2.24) is 20.1 Å². The Kier molecular flexibility index (Phi) is 5.64. The van der Waals surface area contributed by atoms with E-state index in [9.17, 15) is 9.59 Å². The third-order valence-corrected chi connectivity index (χ3v) is 6.24. The molecule has 1 N–H and O–H groups in total. The van der Waals surface area contributed by atoms with Crippen LogP contribution in [0.1, 0.15) is 37.1 Å². The largest absolute Gasteiger partial charge is 0.373 e. The molecule has 1 spiro atoms. The Bertz CT molecular complexity index is 730. The predicted octanol–water partition coefficient (Wildman–Crippen LogP) is 1.11. The van der Waals surface area contributed by atoms with Gasteiger partial charge in [0, 0.05) is 44.8 Å². The summed E-state index contributed by atoms with van der Waals surface area (Å²) in [4.78, 5) is 33.2. The van der Waals surface area contributed by atoms with Gasteiger partial charge in [-0.2, -0.15) is 0 Å². The van der Waals surface area contributed by atoms with Gasteiger partial charge in [-0.05, 0) is 37.8 Å². The maximum atomic E-state index is 12.9. The van der Waals surface area contributed by atoms with E-state index in [1.807, 2.05) is 30.0 Å². The fourth-order valence-electron chi connectivity index (χ4n) is 4.61. The zero-order chi connectivity index (χ0) is 19.6. The Labute approximate surface area is 166 Å². The van der Waals surface area contributed by atoms with Crippen molar-refractivity contribution in [2.24, 2.45) is 5.92 Å². The number of nitrogens with one attached hydrogen (secondary N) is 1. The standard InChI is InChI=1S/C21H30N4O3/c1-16-3-2-4-18(23-16)15-25-9-10-28-21(12-20(25)27)5-7-24(8-6-21)14-17-11-19(26)22-13-17/h2-4,17H,5-15H2,1H3,(H,22,26). The molecule has 7 nitrogen and oxygen atoms in total. The molecule has 0 radical (unpaired) electrons. The van der Waals surface area contributed by atoms with E-state index in [-0.39, 0.29) is 17.4 Å². The second kappa shape index (κ2) is 8.17. The summed E-state index contributed by atoms with van der Waals surface area (Å²) in [5.74, 6) is 0.745. The lowest BCUT2D eigenvalue weighted by molar-refractivity contribution is -0.136. The second-order valence-electron chi connectivity index (χ2n) is 8.47. The van der Waals surface area contributed by atoms with Crippen molar-refractivity contribution >= 4 is 11.8 Å². The minimum Gasteiger partial charge on any atom is -0.373 e. The highest BCUT2D eigenvalue weighted by atomic mass is 16.5. The van der Waals surface area contributed by atoms with Crippen LogP contribution in [0.4, 0.5) is 0 Å². The summed E-state index contributed by atoms with van der Waals surface area (Å²) in [7, 11) is 0. The zero-order valence-corrected chi connectivity index (χ0v) is 16.7. The first-order valence-electron chi connectivity index (χ1n) is 10.3. The Balaban J connectivity index is 1.31. The quantitative estimate of drug-likeness (QED) is 0.839. The van der Waals surface area contributed by atoms with Gasteiger partial charge in [-0.1, -0.05) is 6.07 Å². The zero-order valence-electron chi connectivity index (χ0n) is 16.7. The van der Waals surface area contributed by atoms with Gasteiger partial charge in [0.25, 0.3) is 0 Å². The van der Waals surface area contributed by atoms with E-state index < -0.39 is 0 Å². The molecule has 0 saturated carbocycles. The molecular formula is C21H30N4O3. The topological polar surface area (TPSA) is 74.8 Å². The molecule has 3 saturated heterocycles. The number of aromatic nitrogens is 1. The van der Waals surface area contributed by atoms with Crippen LogP contribution in [-0.4, -0.2) is 71.5 Å². The number of rotatable bonds is 4. The van der Waals surface area contributed by atoms with Crippen LogP contribution in [0.25, 0.3) is 0 Å². The lowest BCUT2D eigenvalue weighted by Gasteiger charge is -2.41. The Morgan fingerprint density at radius 3 is 2.79 bits per heavy atom. The van der Waals surface area contributed by atoms with Crippen LogP contribution >= 0.6 is 0 Å². The molecule has 0 bridgehead atoms. The molecule has 3 fully saturated rings. The first-order chi connectivity index (χ1) is 13.5. The number of nitrogens with zero attached hydrogens (tertiary/aromatic N) is 3. The predicted molar refractivity (Wildman–Crippen MR) is 104 cm³/mol.